The zero-order valence-corrected chi connectivity index (χ0v) is 11.1. The van der Waals surface area contributed by atoms with Crippen molar-refractivity contribution < 1.29 is 10.2 Å². The number of aliphatic hydroxyl groups excluding tert-OH is 2. The van der Waals surface area contributed by atoms with Crippen molar-refractivity contribution in [1.29, 1.82) is 0 Å². The van der Waals surface area contributed by atoms with Gasteiger partial charge < -0.3 is 15.5 Å². The third-order valence-electron chi connectivity index (χ3n) is 2.81. The maximum atomic E-state index is 9.31. The maximum absolute atomic E-state index is 9.31. The molecule has 104 valence electrons. The average Bonchev–Trinajstić information content (AvgIpc) is 2.52. The van der Waals surface area contributed by atoms with Crippen molar-refractivity contribution in [2.75, 3.05) is 18.5 Å². The Kier molecular flexibility index (Phi) is 5.29. The van der Waals surface area contributed by atoms with E-state index in [4.69, 9.17) is 5.11 Å². The lowest BCUT2D eigenvalue weighted by Gasteiger charge is -2.10. The normalized spacial score (nSPS) is 12.5. The second-order valence-corrected chi connectivity index (χ2v) is 4.46. The standard InChI is InChI=1S/C16H18N2O2/c19-12-16(20)11-18-15-3-1-2-14(10-15)5-4-13-6-8-17-9-7-13/h1-10,16,18-20H,11-12H2. The number of hydrogen-bond donors (Lipinski definition) is 3. The van der Waals surface area contributed by atoms with Gasteiger partial charge in [-0.25, -0.2) is 0 Å². The SMILES string of the molecule is OCC(O)CNc1cccc(C=Cc2ccncc2)c1. The quantitative estimate of drug-likeness (QED) is 0.751. The van der Waals surface area contributed by atoms with Crippen LogP contribution >= 0.6 is 0 Å². The molecule has 0 radical (unpaired) electrons. The van der Waals surface area contributed by atoms with Crippen LogP contribution in [0.2, 0.25) is 0 Å². The number of benzene rings is 1. The fraction of sp³-hybridized carbons (Fsp3) is 0.188. The molecule has 0 bridgehead atoms. The zero-order valence-electron chi connectivity index (χ0n) is 11.1. The molecule has 1 aromatic heterocycles. The van der Waals surface area contributed by atoms with Gasteiger partial charge in [0.1, 0.15) is 0 Å². The first-order chi connectivity index (χ1) is 9.78. The van der Waals surface area contributed by atoms with Crippen LogP contribution in [0.5, 0.6) is 0 Å². The number of nitrogens with zero attached hydrogens (tertiary/aromatic N) is 1. The van der Waals surface area contributed by atoms with Crippen LogP contribution in [0.25, 0.3) is 12.2 Å². The minimum Gasteiger partial charge on any atom is -0.394 e. The molecule has 0 fully saturated rings. The summed E-state index contributed by atoms with van der Waals surface area (Å²) in [4.78, 5) is 3.98. The predicted molar refractivity (Wildman–Crippen MR) is 81.2 cm³/mol. The van der Waals surface area contributed by atoms with Crippen molar-refractivity contribution in [3.63, 3.8) is 0 Å². The topological polar surface area (TPSA) is 65.4 Å². The van der Waals surface area contributed by atoms with Gasteiger partial charge in [-0.15, -0.1) is 0 Å². The summed E-state index contributed by atoms with van der Waals surface area (Å²) in [6.07, 6.45) is 6.81. The lowest BCUT2D eigenvalue weighted by molar-refractivity contribution is 0.105. The minimum absolute atomic E-state index is 0.241. The van der Waals surface area contributed by atoms with E-state index in [1.54, 1.807) is 12.4 Å². The van der Waals surface area contributed by atoms with Crippen molar-refractivity contribution in [2.24, 2.45) is 0 Å². The second-order valence-electron chi connectivity index (χ2n) is 4.46. The van der Waals surface area contributed by atoms with Crippen molar-refractivity contribution >= 4 is 17.8 Å². The molecule has 2 aromatic rings. The molecule has 1 atom stereocenters. The first-order valence-electron chi connectivity index (χ1n) is 6.49. The lowest BCUT2D eigenvalue weighted by atomic mass is 10.1. The maximum Gasteiger partial charge on any atom is 0.0942 e. The third kappa shape index (κ3) is 4.50. The van der Waals surface area contributed by atoms with Gasteiger partial charge in [0.05, 0.1) is 12.7 Å². The molecule has 4 heteroatoms. The van der Waals surface area contributed by atoms with Crippen LogP contribution in [-0.2, 0) is 0 Å². The van der Waals surface area contributed by atoms with Crippen molar-refractivity contribution in [1.82, 2.24) is 4.98 Å². The Morgan fingerprint density at radius 3 is 2.60 bits per heavy atom. The molecule has 20 heavy (non-hydrogen) atoms. The molecule has 0 spiro atoms. The third-order valence-corrected chi connectivity index (χ3v) is 2.81. The van der Waals surface area contributed by atoms with Gasteiger partial charge in [-0.05, 0) is 35.4 Å². The zero-order chi connectivity index (χ0) is 14.2. The molecule has 0 aliphatic heterocycles. The Hall–Kier alpha value is -2.17. The number of hydrogen-bond acceptors (Lipinski definition) is 4. The van der Waals surface area contributed by atoms with Gasteiger partial charge in [-0.3, -0.25) is 4.98 Å². The molecule has 1 heterocycles. The van der Waals surface area contributed by atoms with Crippen LogP contribution in [0.1, 0.15) is 11.1 Å². The Balaban J connectivity index is 2.01. The van der Waals surface area contributed by atoms with Gasteiger partial charge in [0.2, 0.25) is 0 Å². The summed E-state index contributed by atoms with van der Waals surface area (Å²) in [5.74, 6) is 0. The van der Waals surface area contributed by atoms with Crippen LogP contribution in [-0.4, -0.2) is 34.5 Å². The first-order valence-corrected chi connectivity index (χ1v) is 6.49. The van der Waals surface area contributed by atoms with Gasteiger partial charge in [0.15, 0.2) is 0 Å². The van der Waals surface area contributed by atoms with Crippen molar-refractivity contribution in [2.45, 2.75) is 6.10 Å². The number of rotatable bonds is 6. The van der Waals surface area contributed by atoms with Gasteiger partial charge in [0.25, 0.3) is 0 Å². The molecule has 4 nitrogen and oxygen atoms in total. The number of nitrogens with one attached hydrogen (secondary N) is 1. The molecule has 0 amide bonds. The van der Waals surface area contributed by atoms with Crippen LogP contribution in [0, 0.1) is 0 Å². The first kappa shape index (κ1) is 14.2. The van der Waals surface area contributed by atoms with Crippen LogP contribution in [0.3, 0.4) is 0 Å². The molecule has 1 aromatic carbocycles. The number of aliphatic hydroxyl groups is 2. The van der Waals surface area contributed by atoms with Crippen LogP contribution in [0.4, 0.5) is 5.69 Å². The summed E-state index contributed by atoms with van der Waals surface area (Å²) in [5, 5.41) is 21.2. The van der Waals surface area contributed by atoms with E-state index < -0.39 is 6.10 Å². The Bertz CT molecular complexity index is 555. The highest BCUT2D eigenvalue weighted by Crippen LogP contribution is 2.13. The molecule has 3 N–H and O–H groups in total. The summed E-state index contributed by atoms with van der Waals surface area (Å²) in [6.45, 7) is 0.0860. The Morgan fingerprint density at radius 1 is 1.10 bits per heavy atom. The molecule has 0 aliphatic carbocycles. The summed E-state index contributed by atoms with van der Waals surface area (Å²) < 4.78 is 0. The molecule has 1 unspecified atom stereocenters. The number of pyridine rings is 1. The lowest BCUT2D eigenvalue weighted by Crippen LogP contribution is -2.22. The fourth-order valence-electron chi connectivity index (χ4n) is 1.72. The Morgan fingerprint density at radius 2 is 1.85 bits per heavy atom. The monoisotopic (exact) mass is 270 g/mol. The van der Waals surface area contributed by atoms with Crippen molar-refractivity contribution in [3.8, 4) is 0 Å². The highest BCUT2D eigenvalue weighted by molar-refractivity contribution is 5.71. The molecule has 2 rings (SSSR count). The van der Waals surface area contributed by atoms with E-state index >= 15 is 0 Å². The highest BCUT2D eigenvalue weighted by atomic mass is 16.3. The van der Waals surface area contributed by atoms with Gasteiger partial charge in [-0.1, -0.05) is 24.3 Å². The minimum atomic E-state index is -0.744. The van der Waals surface area contributed by atoms with E-state index in [0.29, 0.717) is 6.54 Å². The van der Waals surface area contributed by atoms with Crippen LogP contribution < -0.4 is 5.32 Å². The van der Waals surface area contributed by atoms with Crippen LogP contribution in [0.15, 0.2) is 48.8 Å². The second kappa shape index (κ2) is 7.43. The van der Waals surface area contributed by atoms with Gasteiger partial charge >= 0.3 is 0 Å². The number of aromatic nitrogens is 1. The predicted octanol–water partition coefficient (Wildman–Crippen LogP) is 2.02. The van der Waals surface area contributed by atoms with E-state index in [-0.39, 0.29) is 6.61 Å². The molecular formula is C16H18N2O2. The van der Waals surface area contributed by atoms with Gasteiger partial charge in [0, 0.05) is 24.6 Å². The highest BCUT2D eigenvalue weighted by Gasteiger charge is 2.01. The summed E-state index contributed by atoms with van der Waals surface area (Å²) in [7, 11) is 0. The smallest absolute Gasteiger partial charge is 0.0942 e. The van der Waals surface area contributed by atoms with E-state index in [1.165, 1.54) is 0 Å². The van der Waals surface area contributed by atoms with Gasteiger partial charge in [-0.2, -0.15) is 0 Å². The van der Waals surface area contributed by atoms with E-state index in [0.717, 1.165) is 16.8 Å². The summed E-state index contributed by atoms with van der Waals surface area (Å²) >= 11 is 0. The average molecular weight is 270 g/mol. The van der Waals surface area contributed by atoms with E-state index in [9.17, 15) is 5.11 Å². The molecule has 0 saturated carbocycles. The summed E-state index contributed by atoms with van der Waals surface area (Å²) in [6, 6.07) is 11.7. The van der Waals surface area contributed by atoms with Crippen molar-refractivity contribution in [3.05, 3.63) is 59.9 Å². The molecule has 0 saturated heterocycles. The molecular weight excluding hydrogens is 252 g/mol. The Labute approximate surface area is 118 Å². The molecule has 0 aliphatic rings. The largest absolute Gasteiger partial charge is 0.394 e. The van der Waals surface area contributed by atoms with E-state index in [2.05, 4.69) is 10.3 Å². The van der Waals surface area contributed by atoms with E-state index in [1.807, 2.05) is 48.6 Å². The summed E-state index contributed by atoms with van der Waals surface area (Å²) in [5.41, 5.74) is 3.06. The fourth-order valence-corrected chi connectivity index (χ4v) is 1.72. The number of anilines is 1.